The highest BCUT2D eigenvalue weighted by Crippen LogP contribution is 2.40. The number of carbonyl (C=O) groups is 1. The zero-order valence-corrected chi connectivity index (χ0v) is 19.3. The number of hydrogen-bond acceptors (Lipinski definition) is 6. The van der Waals surface area contributed by atoms with E-state index in [1.54, 1.807) is 11.1 Å². The molecule has 0 spiro atoms. The van der Waals surface area contributed by atoms with E-state index < -0.39 is 12.2 Å². The van der Waals surface area contributed by atoms with Crippen molar-refractivity contribution in [3.05, 3.63) is 50.9 Å². The normalized spacial score (nSPS) is 16.9. The van der Waals surface area contributed by atoms with Crippen molar-refractivity contribution >= 4 is 29.1 Å². The van der Waals surface area contributed by atoms with Crippen molar-refractivity contribution in [2.24, 2.45) is 0 Å². The predicted molar refractivity (Wildman–Crippen MR) is 123 cm³/mol. The maximum Gasteiger partial charge on any atom is 0.253 e. The number of rotatable bonds is 4. The Morgan fingerprint density at radius 3 is 2.80 bits per heavy atom. The first-order valence-corrected chi connectivity index (χ1v) is 11.8. The van der Waals surface area contributed by atoms with Crippen LogP contribution in [0.15, 0.2) is 6.20 Å². The summed E-state index contributed by atoms with van der Waals surface area (Å²) >= 11 is 6.11. The van der Waals surface area contributed by atoms with E-state index in [1.807, 2.05) is 0 Å². The number of fused-ring (bicyclic) bond motifs is 6. The molecule has 35 heavy (non-hydrogen) atoms. The molecule has 0 unspecified atom stereocenters. The molecule has 3 aromatic rings. The number of H-pyrrole nitrogens is 1. The minimum absolute atomic E-state index is 0.0164. The van der Waals surface area contributed by atoms with Crippen molar-refractivity contribution in [1.82, 2.24) is 30.2 Å². The maximum absolute atomic E-state index is 15.9. The number of alkyl halides is 2. The molecule has 0 atom stereocenters. The van der Waals surface area contributed by atoms with E-state index in [4.69, 9.17) is 11.6 Å². The van der Waals surface area contributed by atoms with Gasteiger partial charge in [-0.3, -0.25) is 9.69 Å². The molecule has 5 heterocycles. The molecule has 0 saturated carbocycles. The number of anilines is 2. The van der Waals surface area contributed by atoms with E-state index in [2.05, 4.69) is 30.6 Å². The molecular formula is C23H21ClF3N7O. The highest BCUT2D eigenvalue weighted by atomic mass is 35.5. The molecule has 0 radical (unpaired) electrons. The molecule has 6 rings (SSSR count). The van der Waals surface area contributed by atoms with Gasteiger partial charge < -0.3 is 15.6 Å². The summed E-state index contributed by atoms with van der Waals surface area (Å²) in [5, 5.41) is 5.77. The molecule has 8 nitrogen and oxygen atoms in total. The number of nitrogens with one attached hydrogen (secondary N) is 3. The Balaban J connectivity index is 1.39. The van der Waals surface area contributed by atoms with Gasteiger partial charge in [-0.05, 0) is 35.6 Å². The van der Waals surface area contributed by atoms with Crippen molar-refractivity contribution in [2.75, 3.05) is 25.0 Å². The third-order valence-corrected chi connectivity index (χ3v) is 6.98. The third kappa shape index (κ3) is 3.82. The van der Waals surface area contributed by atoms with Gasteiger partial charge in [0.05, 0.1) is 23.5 Å². The number of aromatic amines is 1. The number of aryl methyl sites for hydroxylation is 1. The Labute approximate surface area is 203 Å². The van der Waals surface area contributed by atoms with E-state index in [0.717, 1.165) is 16.8 Å². The van der Waals surface area contributed by atoms with Crippen molar-refractivity contribution in [1.29, 1.82) is 0 Å². The number of pyridine rings is 1. The number of amides is 1. The van der Waals surface area contributed by atoms with Crippen LogP contribution in [0.1, 0.15) is 38.4 Å². The first kappa shape index (κ1) is 22.3. The first-order valence-electron chi connectivity index (χ1n) is 11.4. The summed E-state index contributed by atoms with van der Waals surface area (Å²) in [6.45, 7) is 0.768. The molecule has 0 saturated heterocycles. The standard InChI is InChI=1S/C23H21ClF3N7O/c24-23-31-13-4-6-34(9-15(25)26)8-12(13)20(33-23)32-21-18(27)16-10(7-29-21)1-2-11-17-14(30-19(11)16)3-5-28-22(17)35/h7,15,30H,1-6,8-9H2,(H,28,35)(H,29,31,32,33). The Hall–Kier alpha value is -3.18. The molecule has 3 N–H and O–H groups in total. The quantitative estimate of drug-likeness (QED) is 0.472. The van der Waals surface area contributed by atoms with Crippen LogP contribution >= 0.6 is 11.6 Å². The highest BCUT2D eigenvalue weighted by Gasteiger charge is 2.32. The second-order valence-corrected chi connectivity index (χ2v) is 9.26. The molecule has 0 aromatic carbocycles. The summed E-state index contributed by atoms with van der Waals surface area (Å²) in [5.41, 5.74) is 5.18. The largest absolute Gasteiger partial charge is 0.357 e. The Morgan fingerprint density at radius 1 is 1.11 bits per heavy atom. The number of nitrogens with zero attached hydrogens (tertiary/aromatic N) is 4. The van der Waals surface area contributed by atoms with Gasteiger partial charge in [-0.1, -0.05) is 0 Å². The van der Waals surface area contributed by atoms with E-state index in [1.165, 1.54) is 0 Å². The van der Waals surface area contributed by atoms with Crippen LogP contribution in [0.3, 0.4) is 0 Å². The van der Waals surface area contributed by atoms with Gasteiger partial charge in [-0.15, -0.1) is 0 Å². The minimum Gasteiger partial charge on any atom is -0.357 e. The Kier molecular flexibility index (Phi) is 5.41. The summed E-state index contributed by atoms with van der Waals surface area (Å²) < 4.78 is 41.8. The van der Waals surface area contributed by atoms with E-state index in [0.29, 0.717) is 66.9 Å². The van der Waals surface area contributed by atoms with Gasteiger partial charge in [-0.2, -0.15) is 0 Å². The summed E-state index contributed by atoms with van der Waals surface area (Å²) in [6.07, 6.45) is 1.40. The fraction of sp³-hybridized carbons (Fsp3) is 0.391. The summed E-state index contributed by atoms with van der Waals surface area (Å²) in [6, 6.07) is 0. The fourth-order valence-electron chi connectivity index (χ4n) is 5.25. The topological polar surface area (TPSA) is 98.8 Å². The number of carbonyl (C=O) groups excluding carboxylic acids is 1. The number of halogens is 4. The molecular weight excluding hydrogens is 483 g/mol. The molecule has 0 fully saturated rings. The molecule has 1 aliphatic carbocycles. The van der Waals surface area contributed by atoms with Gasteiger partial charge in [0.15, 0.2) is 11.6 Å². The fourth-order valence-corrected chi connectivity index (χ4v) is 5.43. The van der Waals surface area contributed by atoms with Crippen LogP contribution in [0.25, 0.3) is 11.3 Å². The Morgan fingerprint density at radius 2 is 1.97 bits per heavy atom. The van der Waals surface area contributed by atoms with Crippen molar-refractivity contribution in [3.63, 3.8) is 0 Å². The lowest BCUT2D eigenvalue weighted by molar-refractivity contribution is 0.0817. The van der Waals surface area contributed by atoms with E-state index in [9.17, 15) is 13.6 Å². The minimum atomic E-state index is -2.47. The van der Waals surface area contributed by atoms with Gasteiger partial charge in [0.25, 0.3) is 12.3 Å². The summed E-state index contributed by atoms with van der Waals surface area (Å²) in [7, 11) is 0. The average Bonchev–Trinajstić information content (AvgIpc) is 3.20. The lowest BCUT2D eigenvalue weighted by atomic mass is 9.88. The van der Waals surface area contributed by atoms with Crippen LogP contribution in [0, 0.1) is 5.82 Å². The van der Waals surface area contributed by atoms with Crippen molar-refractivity contribution in [3.8, 4) is 11.3 Å². The van der Waals surface area contributed by atoms with Gasteiger partial charge in [0.2, 0.25) is 5.28 Å². The van der Waals surface area contributed by atoms with Gasteiger partial charge >= 0.3 is 0 Å². The molecule has 0 bridgehead atoms. The van der Waals surface area contributed by atoms with Crippen LogP contribution in [0.2, 0.25) is 5.28 Å². The lowest BCUT2D eigenvalue weighted by Crippen LogP contribution is -2.35. The number of aromatic nitrogens is 4. The van der Waals surface area contributed by atoms with Crippen LogP contribution in [-0.4, -0.2) is 56.8 Å². The smallest absolute Gasteiger partial charge is 0.253 e. The van der Waals surface area contributed by atoms with E-state index in [-0.39, 0.29) is 35.9 Å². The highest BCUT2D eigenvalue weighted by molar-refractivity contribution is 6.28. The first-order chi connectivity index (χ1) is 16.9. The zero-order chi connectivity index (χ0) is 24.3. The van der Waals surface area contributed by atoms with Gasteiger partial charge in [0, 0.05) is 55.5 Å². The van der Waals surface area contributed by atoms with Crippen LogP contribution in [0.4, 0.5) is 24.8 Å². The summed E-state index contributed by atoms with van der Waals surface area (Å²) in [4.78, 5) is 30.1. The molecule has 182 valence electrons. The van der Waals surface area contributed by atoms with E-state index >= 15 is 4.39 Å². The molecule has 12 heteroatoms. The predicted octanol–water partition coefficient (Wildman–Crippen LogP) is 3.41. The molecule has 2 aliphatic heterocycles. The van der Waals surface area contributed by atoms with Crippen molar-refractivity contribution < 1.29 is 18.0 Å². The number of hydrogen-bond donors (Lipinski definition) is 3. The van der Waals surface area contributed by atoms with Gasteiger partial charge in [0.1, 0.15) is 5.82 Å². The second-order valence-electron chi connectivity index (χ2n) is 8.93. The van der Waals surface area contributed by atoms with Gasteiger partial charge in [-0.25, -0.2) is 28.1 Å². The van der Waals surface area contributed by atoms with Crippen molar-refractivity contribution in [2.45, 2.75) is 38.7 Å². The average molecular weight is 504 g/mol. The molecule has 3 aromatic heterocycles. The maximum atomic E-state index is 15.9. The molecule has 1 amide bonds. The van der Waals surface area contributed by atoms with Crippen LogP contribution in [-0.2, 0) is 32.2 Å². The Bertz CT molecular complexity index is 1360. The molecule has 3 aliphatic rings. The third-order valence-electron chi connectivity index (χ3n) is 6.81. The SMILES string of the molecule is O=C1NCCc2[nH]c3c(c21)CCc1cnc(Nc2nc(Cl)nc4c2CN(CC(F)F)CC4)c(F)c1-3. The monoisotopic (exact) mass is 503 g/mol. The lowest BCUT2D eigenvalue weighted by Gasteiger charge is -2.29. The second kappa shape index (κ2) is 8.49. The van der Waals surface area contributed by atoms with Crippen LogP contribution < -0.4 is 10.6 Å². The van der Waals surface area contributed by atoms with Crippen LogP contribution in [0.5, 0.6) is 0 Å². The summed E-state index contributed by atoms with van der Waals surface area (Å²) in [5.74, 6) is -0.537. The zero-order valence-electron chi connectivity index (χ0n) is 18.5.